The molecule has 0 aliphatic heterocycles. The lowest BCUT2D eigenvalue weighted by Crippen LogP contribution is -2.37. The van der Waals surface area contributed by atoms with Crippen LogP contribution in [-0.2, 0) is 0 Å². The highest BCUT2D eigenvalue weighted by atomic mass is 127. The van der Waals surface area contributed by atoms with E-state index in [9.17, 15) is 5.11 Å². The Kier molecular flexibility index (Phi) is 6.70. The Labute approximate surface area is 97.2 Å². The molecule has 13 heavy (non-hydrogen) atoms. The molecule has 0 aromatic rings. The van der Waals surface area contributed by atoms with Gasteiger partial charge in [-0.05, 0) is 20.8 Å². The minimum Gasteiger partial charge on any atom is -0.388 e. The van der Waals surface area contributed by atoms with E-state index in [1.807, 2.05) is 21.0 Å². The van der Waals surface area contributed by atoms with Gasteiger partial charge in [0.1, 0.15) is 0 Å². The summed E-state index contributed by atoms with van der Waals surface area (Å²) in [6.45, 7) is 5.25. The van der Waals surface area contributed by atoms with E-state index in [0.717, 1.165) is 0 Å². The molecule has 0 amide bonds. The molecule has 0 spiro atoms. The van der Waals surface area contributed by atoms with Crippen molar-refractivity contribution in [2.75, 3.05) is 14.1 Å². The molecule has 0 radical (unpaired) electrons. The molecule has 0 saturated carbocycles. The number of halogens is 1. The van der Waals surface area contributed by atoms with Crippen LogP contribution in [0.5, 0.6) is 0 Å². The first kappa shape index (κ1) is 15.4. The number of nitrogens with zero attached hydrogens (tertiary/aromatic N) is 2. The van der Waals surface area contributed by atoms with Gasteiger partial charge in [0.2, 0.25) is 0 Å². The molecule has 0 aromatic heterocycles. The van der Waals surface area contributed by atoms with Crippen molar-refractivity contribution in [3.05, 3.63) is 0 Å². The average Bonchev–Trinajstić information content (AvgIpc) is 1.85. The molecule has 80 valence electrons. The lowest BCUT2D eigenvalue weighted by molar-refractivity contribution is 0.0586. The zero-order valence-corrected chi connectivity index (χ0v) is 11.2. The third kappa shape index (κ3) is 6.09. The summed E-state index contributed by atoms with van der Waals surface area (Å²) in [7, 11) is 3.63. The molecule has 0 aliphatic carbocycles. The van der Waals surface area contributed by atoms with Gasteiger partial charge >= 0.3 is 0 Å². The summed E-state index contributed by atoms with van der Waals surface area (Å²) in [6.07, 6.45) is 0. The Bertz CT molecular complexity index is 175. The molecule has 0 aromatic carbocycles. The predicted octanol–water partition coefficient (Wildman–Crippen LogP) is 0.640. The molecule has 0 saturated heterocycles. The number of hydrogen-bond donors (Lipinski definition) is 2. The molecule has 4 nitrogen and oxygen atoms in total. The van der Waals surface area contributed by atoms with Crippen molar-refractivity contribution in [3.8, 4) is 0 Å². The van der Waals surface area contributed by atoms with Crippen molar-refractivity contribution < 1.29 is 5.11 Å². The summed E-state index contributed by atoms with van der Waals surface area (Å²) in [6, 6.07) is -0.195. The van der Waals surface area contributed by atoms with Crippen LogP contribution in [0.2, 0.25) is 0 Å². The van der Waals surface area contributed by atoms with Gasteiger partial charge in [-0.25, -0.2) is 4.99 Å². The topological polar surface area (TPSA) is 61.8 Å². The fourth-order valence-corrected chi connectivity index (χ4v) is 0.472. The average molecular weight is 301 g/mol. The van der Waals surface area contributed by atoms with E-state index in [0.29, 0.717) is 5.96 Å². The molecule has 0 bridgehead atoms. The Morgan fingerprint density at radius 1 is 1.46 bits per heavy atom. The molecule has 3 N–H and O–H groups in total. The van der Waals surface area contributed by atoms with Crippen LogP contribution in [0.15, 0.2) is 4.99 Å². The number of aliphatic imine (C=N–C) groups is 1. The van der Waals surface area contributed by atoms with Gasteiger partial charge in [-0.3, -0.25) is 0 Å². The fourth-order valence-electron chi connectivity index (χ4n) is 0.472. The van der Waals surface area contributed by atoms with Crippen LogP contribution >= 0.6 is 24.0 Å². The molecular formula is C8H20IN3O. The van der Waals surface area contributed by atoms with Gasteiger partial charge in [0.25, 0.3) is 0 Å². The second kappa shape index (κ2) is 5.64. The Morgan fingerprint density at radius 3 is 2.08 bits per heavy atom. The fraction of sp³-hybridized carbons (Fsp3) is 0.875. The van der Waals surface area contributed by atoms with Crippen LogP contribution in [0.4, 0.5) is 0 Å². The van der Waals surface area contributed by atoms with Gasteiger partial charge in [-0.15, -0.1) is 24.0 Å². The molecule has 0 rings (SSSR count). The summed E-state index contributed by atoms with van der Waals surface area (Å²) in [4.78, 5) is 5.83. The normalized spacial score (nSPS) is 14.8. The maximum Gasteiger partial charge on any atom is 0.191 e. The highest BCUT2D eigenvalue weighted by Crippen LogP contribution is 2.11. The van der Waals surface area contributed by atoms with Crippen molar-refractivity contribution >= 4 is 29.9 Å². The summed E-state index contributed by atoms with van der Waals surface area (Å²) >= 11 is 0. The lowest BCUT2D eigenvalue weighted by atomic mass is 10.0. The SMILES string of the molecule is CC(N=C(N)N(C)C)C(C)(C)O.I. The number of aliphatic hydroxyl groups is 1. The van der Waals surface area contributed by atoms with E-state index in [1.165, 1.54) is 0 Å². The van der Waals surface area contributed by atoms with Crippen molar-refractivity contribution in [2.45, 2.75) is 32.4 Å². The summed E-state index contributed by atoms with van der Waals surface area (Å²) in [5.41, 5.74) is 4.76. The third-order valence-corrected chi connectivity index (χ3v) is 1.81. The Hall–Kier alpha value is -0.0400. The van der Waals surface area contributed by atoms with E-state index < -0.39 is 5.60 Å². The molecule has 0 aliphatic rings. The first-order chi connectivity index (χ1) is 5.25. The minimum absolute atomic E-state index is 0. The maximum atomic E-state index is 9.54. The van der Waals surface area contributed by atoms with Crippen LogP contribution in [0.1, 0.15) is 20.8 Å². The quantitative estimate of drug-likeness (QED) is 0.447. The van der Waals surface area contributed by atoms with E-state index >= 15 is 0 Å². The second-order valence-electron chi connectivity index (χ2n) is 3.71. The minimum atomic E-state index is -0.819. The van der Waals surface area contributed by atoms with Gasteiger partial charge in [-0.2, -0.15) is 0 Å². The van der Waals surface area contributed by atoms with Crippen LogP contribution in [-0.4, -0.2) is 41.7 Å². The molecule has 5 heteroatoms. The van der Waals surface area contributed by atoms with Crippen molar-refractivity contribution in [1.82, 2.24) is 4.90 Å². The smallest absolute Gasteiger partial charge is 0.191 e. The zero-order chi connectivity index (χ0) is 9.94. The first-order valence-electron chi connectivity index (χ1n) is 3.98. The number of nitrogens with two attached hydrogens (primary N) is 1. The summed E-state index contributed by atoms with van der Waals surface area (Å²) in [5.74, 6) is 0.435. The second-order valence-corrected chi connectivity index (χ2v) is 3.71. The summed E-state index contributed by atoms with van der Waals surface area (Å²) in [5, 5.41) is 9.54. The summed E-state index contributed by atoms with van der Waals surface area (Å²) < 4.78 is 0. The highest BCUT2D eigenvalue weighted by molar-refractivity contribution is 14.0. The van der Waals surface area contributed by atoms with Gasteiger partial charge in [0.15, 0.2) is 5.96 Å². The Balaban J connectivity index is 0. The van der Waals surface area contributed by atoms with Crippen LogP contribution < -0.4 is 5.73 Å². The Morgan fingerprint density at radius 2 is 1.85 bits per heavy atom. The maximum absolute atomic E-state index is 9.54. The first-order valence-corrected chi connectivity index (χ1v) is 3.98. The predicted molar refractivity (Wildman–Crippen MR) is 66.5 cm³/mol. The molecule has 0 fully saturated rings. The monoisotopic (exact) mass is 301 g/mol. The standard InChI is InChI=1S/C8H19N3O.HI/c1-6(8(2,3)12)10-7(9)11(4)5;/h6,12H,1-5H3,(H2,9,10);1H. The molecule has 1 atom stereocenters. The highest BCUT2D eigenvalue weighted by Gasteiger charge is 2.21. The largest absolute Gasteiger partial charge is 0.388 e. The van der Waals surface area contributed by atoms with Crippen LogP contribution in [0, 0.1) is 0 Å². The van der Waals surface area contributed by atoms with Gasteiger partial charge in [-0.1, -0.05) is 0 Å². The number of hydrogen-bond acceptors (Lipinski definition) is 2. The van der Waals surface area contributed by atoms with E-state index in [-0.39, 0.29) is 30.0 Å². The van der Waals surface area contributed by atoms with E-state index in [1.54, 1.807) is 18.7 Å². The van der Waals surface area contributed by atoms with E-state index in [4.69, 9.17) is 5.73 Å². The van der Waals surface area contributed by atoms with Gasteiger partial charge in [0, 0.05) is 14.1 Å². The van der Waals surface area contributed by atoms with E-state index in [2.05, 4.69) is 4.99 Å². The van der Waals surface area contributed by atoms with Crippen molar-refractivity contribution in [2.24, 2.45) is 10.7 Å². The van der Waals surface area contributed by atoms with Crippen molar-refractivity contribution in [1.29, 1.82) is 0 Å². The van der Waals surface area contributed by atoms with Crippen molar-refractivity contribution in [3.63, 3.8) is 0 Å². The van der Waals surface area contributed by atoms with Gasteiger partial charge in [0.05, 0.1) is 11.6 Å². The van der Waals surface area contributed by atoms with Crippen LogP contribution in [0.3, 0.4) is 0 Å². The zero-order valence-electron chi connectivity index (χ0n) is 8.90. The third-order valence-electron chi connectivity index (χ3n) is 1.81. The number of rotatable bonds is 2. The van der Waals surface area contributed by atoms with Crippen LogP contribution in [0.25, 0.3) is 0 Å². The number of guanidine groups is 1. The molecule has 1 unspecified atom stereocenters. The molecular weight excluding hydrogens is 281 g/mol. The van der Waals surface area contributed by atoms with Gasteiger partial charge < -0.3 is 15.7 Å². The lowest BCUT2D eigenvalue weighted by Gasteiger charge is -2.23. The molecule has 0 heterocycles.